The van der Waals surface area contributed by atoms with Gasteiger partial charge in [-0.15, -0.1) is 0 Å². The SMILES string of the molecule is CCCn1ccc2cc(NC(=O)Nc3ccc4c(c3)OCO4)ccc21. The molecule has 2 aromatic carbocycles. The molecule has 0 unspecified atom stereocenters. The van der Waals surface area contributed by atoms with Gasteiger partial charge in [-0.25, -0.2) is 4.79 Å². The third kappa shape index (κ3) is 3.10. The molecule has 6 nitrogen and oxygen atoms in total. The Morgan fingerprint density at radius 1 is 1.04 bits per heavy atom. The smallest absolute Gasteiger partial charge is 0.323 e. The Morgan fingerprint density at radius 3 is 2.64 bits per heavy atom. The number of anilines is 2. The zero-order chi connectivity index (χ0) is 17.2. The number of rotatable bonds is 4. The van der Waals surface area contributed by atoms with Crippen molar-refractivity contribution in [3.8, 4) is 11.5 Å². The van der Waals surface area contributed by atoms with Gasteiger partial charge in [-0.05, 0) is 42.8 Å². The summed E-state index contributed by atoms with van der Waals surface area (Å²) in [7, 11) is 0. The number of fused-ring (bicyclic) bond motifs is 2. The van der Waals surface area contributed by atoms with Gasteiger partial charge in [0.15, 0.2) is 11.5 Å². The fourth-order valence-corrected chi connectivity index (χ4v) is 2.98. The highest BCUT2D eigenvalue weighted by Gasteiger charge is 2.14. The largest absolute Gasteiger partial charge is 0.454 e. The van der Waals surface area contributed by atoms with Crippen molar-refractivity contribution in [3.63, 3.8) is 0 Å². The van der Waals surface area contributed by atoms with Gasteiger partial charge in [0.05, 0.1) is 0 Å². The number of urea groups is 1. The van der Waals surface area contributed by atoms with Crippen LogP contribution in [-0.4, -0.2) is 17.4 Å². The number of hydrogen-bond acceptors (Lipinski definition) is 3. The van der Waals surface area contributed by atoms with Gasteiger partial charge in [-0.3, -0.25) is 0 Å². The summed E-state index contributed by atoms with van der Waals surface area (Å²) in [5.74, 6) is 1.32. The van der Waals surface area contributed by atoms with E-state index < -0.39 is 0 Å². The van der Waals surface area contributed by atoms with Crippen molar-refractivity contribution in [2.24, 2.45) is 0 Å². The second kappa shape index (κ2) is 6.39. The third-order valence-corrected chi connectivity index (χ3v) is 4.12. The van der Waals surface area contributed by atoms with Gasteiger partial charge in [0.25, 0.3) is 0 Å². The summed E-state index contributed by atoms with van der Waals surface area (Å²) in [6.07, 6.45) is 3.16. The highest BCUT2D eigenvalue weighted by molar-refractivity contribution is 6.01. The first kappa shape index (κ1) is 15.4. The number of carbonyl (C=O) groups excluding carboxylic acids is 1. The lowest BCUT2D eigenvalue weighted by Crippen LogP contribution is -2.19. The van der Waals surface area contributed by atoms with Crippen molar-refractivity contribution in [3.05, 3.63) is 48.7 Å². The van der Waals surface area contributed by atoms with Crippen molar-refractivity contribution >= 4 is 28.3 Å². The fraction of sp³-hybridized carbons (Fsp3) is 0.211. The monoisotopic (exact) mass is 337 g/mol. The van der Waals surface area contributed by atoms with E-state index >= 15 is 0 Å². The number of nitrogens with zero attached hydrogens (tertiary/aromatic N) is 1. The average Bonchev–Trinajstić information content (AvgIpc) is 3.21. The molecule has 0 aliphatic carbocycles. The van der Waals surface area contributed by atoms with Gasteiger partial charge in [-0.2, -0.15) is 0 Å². The van der Waals surface area contributed by atoms with Gasteiger partial charge in [0.1, 0.15) is 0 Å². The average molecular weight is 337 g/mol. The molecule has 25 heavy (non-hydrogen) atoms. The number of benzene rings is 2. The van der Waals surface area contributed by atoms with E-state index in [0.717, 1.165) is 24.0 Å². The minimum atomic E-state index is -0.300. The summed E-state index contributed by atoms with van der Waals surface area (Å²) in [5.41, 5.74) is 2.57. The Bertz CT molecular complexity index is 933. The Balaban J connectivity index is 1.46. The molecule has 0 atom stereocenters. The van der Waals surface area contributed by atoms with E-state index in [0.29, 0.717) is 17.2 Å². The van der Waals surface area contributed by atoms with Crippen LogP contribution in [0.15, 0.2) is 48.7 Å². The Labute approximate surface area is 145 Å². The number of ether oxygens (including phenoxy) is 2. The normalized spacial score (nSPS) is 12.4. The van der Waals surface area contributed by atoms with Crippen molar-refractivity contribution in [1.29, 1.82) is 0 Å². The maximum absolute atomic E-state index is 12.2. The van der Waals surface area contributed by atoms with Crippen molar-refractivity contribution in [1.82, 2.24) is 4.57 Å². The molecule has 0 spiro atoms. The van der Waals surface area contributed by atoms with Crippen LogP contribution in [0.25, 0.3) is 10.9 Å². The third-order valence-electron chi connectivity index (χ3n) is 4.12. The molecule has 2 amide bonds. The summed E-state index contributed by atoms with van der Waals surface area (Å²) < 4.78 is 12.8. The van der Waals surface area contributed by atoms with E-state index in [-0.39, 0.29) is 12.8 Å². The number of hydrogen-bond donors (Lipinski definition) is 2. The molecule has 6 heteroatoms. The van der Waals surface area contributed by atoms with Crippen LogP contribution in [0, 0.1) is 0 Å². The van der Waals surface area contributed by atoms with Gasteiger partial charge in [-0.1, -0.05) is 6.92 Å². The molecule has 2 heterocycles. The van der Waals surface area contributed by atoms with Crippen LogP contribution < -0.4 is 20.1 Å². The van der Waals surface area contributed by atoms with Crippen molar-refractivity contribution < 1.29 is 14.3 Å². The highest BCUT2D eigenvalue weighted by atomic mass is 16.7. The summed E-state index contributed by atoms with van der Waals surface area (Å²) in [6, 6.07) is 13.0. The predicted octanol–water partition coefficient (Wildman–Crippen LogP) is 4.42. The van der Waals surface area contributed by atoms with Crippen LogP contribution in [0.1, 0.15) is 13.3 Å². The predicted molar refractivity (Wildman–Crippen MR) is 97.4 cm³/mol. The summed E-state index contributed by atoms with van der Waals surface area (Å²) in [4.78, 5) is 12.2. The number of aryl methyl sites for hydroxylation is 1. The van der Waals surface area contributed by atoms with Crippen molar-refractivity contribution in [2.75, 3.05) is 17.4 Å². The number of carbonyl (C=O) groups is 1. The van der Waals surface area contributed by atoms with E-state index in [2.05, 4.69) is 34.4 Å². The molecular weight excluding hydrogens is 318 g/mol. The molecule has 1 aliphatic rings. The Morgan fingerprint density at radius 2 is 1.80 bits per heavy atom. The molecule has 3 aromatic rings. The first-order chi connectivity index (χ1) is 12.2. The molecule has 0 fully saturated rings. The second-order valence-corrected chi connectivity index (χ2v) is 5.93. The molecule has 0 saturated heterocycles. The molecule has 4 rings (SSSR count). The van der Waals surface area contributed by atoms with Gasteiger partial charge < -0.3 is 24.7 Å². The number of amides is 2. The molecule has 0 saturated carbocycles. The van der Waals surface area contributed by atoms with Gasteiger partial charge in [0, 0.05) is 41.1 Å². The fourth-order valence-electron chi connectivity index (χ4n) is 2.98. The van der Waals surface area contributed by atoms with Crippen molar-refractivity contribution in [2.45, 2.75) is 19.9 Å². The molecule has 0 bridgehead atoms. The Hall–Kier alpha value is -3.15. The lowest BCUT2D eigenvalue weighted by molar-refractivity contribution is 0.174. The van der Waals surface area contributed by atoms with Crippen LogP contribution in [0.2, 0.25) is 0 Å². The summed E-state index contributed by atoms with van der Waals surface area (Å²) >= 11 is 0. The van der Waals surface area contributed by atoms with E-state index in [4.69, 9.17) is 9.47 Å². The first-order valence-corrected chi connectivity index (χ1v) is 8.29. The van der Waals surface area contributed by atoms with E-state index in [1.165, 1.54) is 5.52 Å². The maximum atomic E-state index is 12.2. The lowest BCUT2D eigenvalue weighted by atomic mass is 10.2. The summed E-state index contributed by atoms with van der Waals surface area (Å²) in [6.45, 7) is 3.35. The van der Waals surface area contributed by atoms with E-state index in [1.807, 2.05) is 18.2 Å². The van der Waals surface area contributed by atoms with Gasteiger partial charge >= 0.3 is 6.03 Å². The van der Waals surface area contributed by atoms with E-state index in [9.17, 15) is 4.79 Å². The van der Waals surface area contributed by atoms with Crippen LogP contribution in [-0.2, 0) is 6.54 Å². The second-order valence-electron chi connectivity index (χ2n) is 5.93. The van der Waals surface area contributed by atoms with Crippen LogP contribution in [0.4, 0.5) is 16.2 Å². The summed E-state index contributed by atoms with van der Waals surface area (Å²) in [5, 5.41) is 6.77. The molecule has 128 valence electrons. The number of nitrogens with one attached hydrogen (secondary N) is 2. The minimum Gasteiger partial charge on any atom is -0.454 e. The first-order valence-electron chi connectivity index (χ1n) is 8.29. The standard InChI is InChI=1S/C19H19N3O3/c1-2-8-22-9-7-13-10-14(3-5-16(13)22)20-19(23)21-15-4-6-17-18(11-15)25-12-24-17/h3-7,9-11H,2,8,12H2,1H3,(H2,20,21,23). The quantitative estimate of drug-likeness (QED) is 0.740. The lowest BCUT2D eigenvalue weighted by Gasteiger charge is -2.09. The van der Waals surface area contributed by atoms with Crippen LogP contribution >= 0.6 is 0 Å². The minimum absolute atomic E-state index is 0.211. The topological polar surface area (TPSA) is 64.5 Å². The molecule has 1 aromatic heterocycles. The highest BCUT2D eigenvalue weighted by Crippen LogP contribution is 2.34. The molecule has 1 aliphatic heterocycles. The van der Waals surface area contributed by atoms with Crippen LogP contribution in [0.5, 0.6) is 11.5 Å². The van der Waals surface area contributed by atoms with Crippen LogP contribution in [0.3, 0.4) is 0 Å². The molecular formula is C19H19N3O3. The zero-order valence-corrected chi connectivity index (χ0v) is 13.9. The maximum Gasteiger partial charge on any atom is 0.323 e. The molecule has 2 N–H and O–H groups in total. The zero-order valence-electron chi connectivity index (χ0n) is 13.9. The Kier molecular flexibility index (Phi) is 3.93. The number of aromatic nitrogens is 1. The van der Waals surface area contributed by atoms with E-state index in [1.54, 1.807) is 18.2 Å². The van der Waals surface area contributed by atoms with Gasteiger partial charge in [0.2, 0.25) is 6.79 Å². The molecule has 0 radical (unpaired) electrons.